The van der Waals surface area contributed by atoms with Gasteiger partial charge in [0.1, 0.15) is 6.29 Å². The summed E-state index contributed by atoms with van der Waals surface area (Å²) in [6.45, 7) is 0. The second-order valence-corrected chi connectivity index (χ2v) is 5.17. The van der Waals surface area contributed by atoms with Gasteiger partial charge in [0, 0.05) is 5.92 Å². The minimum Gasteiger partial charge on any atom is -0.303 e. The molecule has 76 valence electrons. The van der Waals surface area contributed by atoms with Crippen molar-refractivity contribution < 1.29 is 4.79 Å². The number of carbonyl (C=O) groups excluding carboxylic acids is 1. The predicted octanol–water partition coefficient (Wildman–Crippen LogP) is 3.10. The fourth-order valence-electron chi connectivity index (χ4n) is 3.99. The van der Waals surface area contributed by atoms with Crippen LogP contribution < -0.4 is 0 Å². The number of hydrogen-bond acceptors (Lipinski definition) is 1. The quantitative estimate of drug-likeness (QED) is 0.458. The van der Waals surface area contributed by atoms with E-state index in [0.29, 0.717) is 11.8 Å². The maximum atomic E-state index is 11.1. The van der Waals surface area contributed by atoms with Crippen molar-refractivity contribution in [3.8, 4) is 0 Å². The molecule has 0 radical (unpaired) electrons. The molecular weight excluding hydrogens is 172 g/mol. The molecule has 0 spiro atoms. The fourth-order valence-corrected chi connectivity index (χ4v) is 3.99. The molecule has 3 atom stereocenters. The lowest BCUT2D eigenvalue weighted by Crippen LogP contribution is -2.24. The minimum absolute atomic E-state index is 0.374. The summed E-state index contributed by atoms with van der Waals surface area (Å²) < 4.78 is 0. The smallest absolute Gasteiger partial charge is 0.123 e. The van der Waals surface area contributed by atoms with Gasteiger partial charge in [-0.25, -0.2) is 0 Å². The average molecular weight is 190 g/mol. The van der Waals surface area contributed by atoms with Crippen LogP contribution in [-0.2, 0) is 4.79 Å². The van der Waals surface area contributed by atoms with E-state index < -0.39 is 0 Å². The zero-order valence-electron chi connectivity index (χ0n) is 8.67. The van der Waals surface area contributed by atoms with Gasteiger partial charge in [-0.05, 0) is 56.8 Å². The Hall–Kier alpha value is -0.590. The molecule has 1 nitrogen and oxygen atoms in total. The molecule has 0 N–H and O–H groups in total. The van der Waals surface area contributed by atoms with Gasteiger partial charge in [0.15, 0.2) is 0 Å². The van der Waals surface area contributed by atoms with E-state index in [-0.39, 0.29) is 0 Å². The Kier molecular flexibility index (Phi) is 2.00. The fraction of sp³-hybridized carbons (Fsp3) is 0.769. The number of rotatable bonds is 1. The number of aldehydes is 1. The number of allylic oxidation sites excluding steroid dienone is 2. The summed E-state index contributed by atoms with van der Waals surface area (Å²) in [5, 5.41) is 0. The first-order valence-electron chi connectivity index (χ1n) is 6.07. The van der Waals surface area contributed by atoms with Gasteiger partial charge >= 0.3 is 0 Å². The molecule has 14 heavy (non-hydrogen) atoms. The van der Waals surface area contributed by atoms with Crippen LogP contribution in [0.5, 0.6) is 0 Å². The second-order valence-electron chi connectivity index (χ2n) is 5.17. The molecule has 0 amide bonds. The zero-order chi connectivity index (χ0) is 9.54. The molecule has 0 aromatic heterocycles. The van der Waals surface area contributed by atoms with E-state index in [1.165, 1.54) is 51.2 Å². The van der Waals surface area contributed by atoms with E-state index in [0.717, 1.165) is 5.92 Å². The predicted molar refractivity (Wildman–Crippen MR) is 55.9 cm³/mol. The molecule has 2 fully saturated rings. The normalized spacial score (nSPS) is 41.0. The summed E-state index contributed by atoms with van der Waals surface area (Å²) in [6, 6.07) is 0. The van der Waals surface area contributed by atoms with E-state index in [2.05, 4.69) is 0 Å². The number of hydrogen-bond donors (Lipinski definition) is 0. The highest BCUT2D eigenvalue weighted by molar-refractivity contribution is 5.57. The molecule has 0 aromatic carbocycles. The Labute approximate surface area is 85.6 Å². The highest BCUT2D eigenvalue weighted by Gasteiger charge is 2.40. The molecular formula is C13H18O. The second kappa shape index (κ2) is 3.22. The van der Waals surface area contributed by atoms with Gasteiger partial charge in [0.2, 0.25) is 0 Å². The third-order valence-corrected chi connectivity index (χ3v) is 4.56. The van der Waals surface area contributed by atoms with E-state index in [9.17, 15) is 4.79 Å². The van der Waals surface area contributed by atoms with Crippen LogP contribution in [-0.4, -0.2) is 6.29 Å². The SMILES string of the molecule is O=CC1CC2CCCC2=C2CCCC21. The zero-order valence-corrected chi connectivity index (χ0v) is 8.67. The lowest BCUT2D eigenvalue weighted by Gasteiger charge is -2.31. The standard InChI is InChI=1S/C13H18O/c14-8-10-7-9-3-1-4-11(9)13-6-2-5-12(10)13/h8-10,12H,1-7H2. The first-order valence-corrected chi connectivity index (χ1v) is 6.07. The van der Waals surface area contributed by atoms with Crippen molar-refractivity contribution in [3.63, 3.8) is 0 Å². The third-order valence-electron chi connectivity index (χ3n) is 4.56. The lowest BCUT2D eigenvalue weighted by atomic mass is 9.73. The average Bonchev–Trinajstić information content (AvgIpc) is 2.83. The molecule has 0 saturated heterocycles. The van der Waals surface area contributed by atoms with Crippen LogP contribution in [0.15, 0.2) is 11.1 Å². The molecule has 3 unspecified atom stereocenters. The summed E-state index contributed by atoms with van der Waals surface area (Å²) in [4.78, 5) is 11.1. The van der Waals surface area contributed by atoms with E-state index in [1.807, 2.05) is 0 Å². The Morgan fingerprint density at radius 2 is 1.86 bits per heavy atom. The molecule has 1 heteroatoms. The maximum Gasteiger partial charge on any atom is 0.123 e. The van der Waals surface area contributed by atoms with Gasteiger partial charge in [-0.15, -0.1) is 0 Å². The summed E-state index contributed by atoms with van der Waals surface area (Å²) in [5.74, 6) is 1.84. The van der Waals surface area contributed by atoms with Crippen molar-refractivity contribution in [1.29, 1.82) is 0 Å². The topological polar surface area (TPSA) is 17.1 Å². The third kappa shape index (κ3) is 1.11. The van der Waals surface area contributed by atoms with Gasteiger partial charge in [0.25, 0.3) is 0 Å². The molecule has 0 heterocycles. The Bertz CT molecular complexity index is 290. The van der Waals surface area contributed by atoms with Gasteiger partial charge in [-0.3, -0.25) is 0 Å². The largest absolute Gasteiger partial charge is 0.303 e. The molecule has 0 aromatic rings. The number of fused-ring (bicyclic) bond motifs is 2. The Morgan fingerprint density at radius 1 is 1.07 bits per heavy atom. The number of carbonyl (C=O) groups is 1. The van der Waals surface area contributed by atoms with Crippen LogP contribution in [0.1, 0.15) is 44.9 Å². The van der Waals surface area contributed by atoms with Crippen LogP contribution in [0.25, 0.3) is 0 Å². The first kappa shape index (κ1) is 8.70. The van der Waals surface area contributed by atoms with Crippen molar-refractivity contribution >= 4 is 6.29 Å². The molecule has 3 aliphatic rings. The Balaban J connectivity index is 2.00. The van der Waals surface area contributed by atoms with Gasteiger partial charge in [0.05, 0.1) is 0 Å². The van der Waals surface area contributed by atoms with Gasteiger partial charge in [-0.2, -0.15) is 0 Å². The van der Waals surface area contributed by atoms with Crippen molar-refractivity contribution in [2.24, 2.45) is 17.8 Å². The minimum atomic E-state index is 0.374. The monoisotopic (exact) mass is 190 g/mol. The summed E-state index contributed by atoms with van der Waals surface area (Å²) >= 11 is 0. The van der Waals surface area contributed by atoms with Crippen LogP contribution in [0.3, 0.4) is 0 Å². The van der Waals surface area contributed by atoms with Crippen molar-refractivity contribution in [2.45, 2.75) is 44.9 Å². The van der Waals surface area contributed by atoms with E-state index >= 15 is 0 Å². The summed E-state index contributed by atoms with van der Waals surface area (Å²) in [5.41, 5.74) is 3.50. The van der Waals surface area contributed by atoms with Gasteiger partial charge in [-0.1, -0.05) is 11.1 Å². The van der Waals surface area contributed by atoms with Crippen molar-refractivity contribution in [2.75, 3.05) is 0 Å². The molecule has 0 aliphatic heterocycles. The molecule has 2 saturated carbocycles. The molecule has 3 aliphatic carbocycles. The lowest BCUT2D eigenvalue weighted by molar-refractivity contribution is -0.112. The Morgan fingerprint density at radius 3 is 2.71 bits per heavy atom. The highest BCUT2D eigenvalue weighted by atomic mass is 16.1. The maximum absolute atomic E-state index is 11.1. The van der Waals surface area contributed by atoms with Crippen molar-refractivity contribution in [3.05, 3.63) is 11.1 Å². The van der Waals surface area contributed by atoms with E-state index in [1.54, 1.807) is 11.1 Å². The van der Waals surface area contributed by atoms with Crippen LogP contribution >= 0.6 is 0 Å². The summed E-state index contributed by atoms with van der Waals surface area (Å²) in [6.07, 6.45) is 10.4. The highest BCUT2D eigenvalue weighted by Crippen LogP contribution is 2.51. The van der Waals surface area contributed by atoms with Crippen LogP contribution in [0.4, 0.5) is 0 Å². The molecule has 3 rings (SSSR count). The van der Waals surface area contributed by atoms with Crippen molar-refractivity contribution in [1.82, 2.24) is 0 Å². The van der Waals surface area contributed by atoms with Gasteiger partial charge < -0.3 is 4.79 Å². The molecule has 0 bridgehead atoms. The first-order chi connectivity index (χ1) is 6.90. The van der Waals surface area contributed by atoms with E-state index in [4.69, 9.17) is 0 Å². The van der Waals surface area contributed by atoms with Crippen LogP contribution in [0.2, 0.25) is 0 Å². The van der Waals surface area contributed by atoms with Crippen LogP contribution in [0, 0.1) is 17.8 Å². The summed E-state index contributed by atoms with van der Waals surface area (Å²) in [7, 11) is 0.